The minimum absolute atomic E-state index is 0.898. The van der Waals surface area contributed by atoms with Crippen LogP contribution in [0.3, 0.4) is 0 Å². The van der Waals surface area contributed by atoms with Gasteiger partial charge in [0.15, 0.2) is 0 Å². The summed E-state index contributed by atoms with van der Waals surface area (Å²) in [6, 6.07) is 0. The number of aryl methyl sites for hydroxylation is 2. The first-order chi connectivity index (χ1) is 9.20. The Bertz CT molecular complexity index is 366. The molecule has 3 nitrogen and oxygen atoms in total. The van der Waals surface area contributed by atoms with Gasteiger partial charge in [-0.25, -0.2) is 0 Å². The van der Waals surface area contributed by atoms with E-state index in [0.29, 0.717) is 0 Å². The summed E-state index contributed by atoms with van der Waals surface area (Å²) >= 11 is 5.59. The quantitative estimate of drug-likeness (QED) is 0.653. The molecule has 0 amide bonds. The average molecular weight is 348 g/mol. The van der Waals surface area contributed by atoms with Crippen LogP contribution in [0.15, 0.2) is 4.47 Å². The van der Waals surface area contributed by atoms with Crippen molar-refractivity contribution in [1.82, 2.24) is 15.1 Å². The van der Waals surface area contributed by atoms with E-state index in [1.807, 2.05) is 23.5 Å². The van der Waals surface area contributed by atoms with Crippen LogP contribution >= 0.6 is 27.7 Å². The molecule has 1 rings (SSSR count). The van der Waals surface area contributed by atoms with Gasteiger partial charge < -0.3 is 5.32 Å². The molecular formula is C14H26BrN3S. The summed E-state index contributed by atoms with van der Waals surface area (Å²) in [6.07, 6.45) is 8.47. The summed E-state index contributed by atoms with van der Waals surface area (Å²) in [5.74, 6) is 1.30. The smallest absolute Gasteiger partial charge is 0.0767 e. The van der Waals surface area contributed by atoms with Crippen molar-refractivity contribution in [2.75, 3.05) is 18.6 Å². The zero-order valence-corrected chi connectivity index (χ0v) is 14.7. The van der Waals surface area contributed by atoms with E-state index in [-0.39, 0.29) is 0 Å². The molecule has 0 aromatic carbocycles. The molecule has 0 bridgehead atoms. The van der Waals surface area contributed by atoms with Gasteiger partial charge in [0, 0.05) is 13.6 Å². The zero-order chi connectivity index (χ0) is 14.1. The molecule has 0 aliphatic heterocycles. The van der Waals surface area contributed by atoms with Gasteiger partial charge in [-0.2, -0.15) is 16.9 Å². The molecule has 0 unspecified atom stereocenters. The van der Waals surface area contributed by atoms with Crippen molar-refractivity contribution in [3.63, 3.8) is 0 Å². The Kier molecular flexibility index (Phi) is 8.83. The summed E-state index contributed by atoms with van der Waals surface area (Å²) in [5.41, 5.74) is 2.40. The molecule has 1 aromatic heterocycles. The van der Waals surface area contributed by atoms with Crippen molar-refractivity contribution in [3.05, 3.63) is 15.9 Å². The van der Waals surface area contributed by atoms with Crippen molar-refractivity contribution < 1.29 is 0 Å². The molecule has 0 aliphatic rings. The first kappa shape index (κ1) is 17.1. The fourth-order valence-electron chi connectivity index (χ4n) is 2.07. The molecule has 0 fully saturated rings. The van der Waals surface area contributed by atoms with Crippen LogP contribution < -0.4 is 5.32 Å². The van der Waals surface area contributed by atoms with Crippen LogP contribution in [0.4, 0.5) is 0 Å². The van der Waals surface area contributed by atoms with Gasteiger partial charge >= 0.3 is 0 Å². The van der Waals surface area contributed by atoms with Crippen molar-refractivity contribution in [2.24, 2.45) is 7.05 Å². The highest BCUT2D eigenvalue weighted by Crippen LogP contribution is 2.21. The Morgan fingerprint density at radius 2 is 2.00 bits per heavy atom. The molecule has 110 valence electrons. The average Bonchev–Trinajstić information content (AvgIpc) is 2.68. The topological polar surface area (TPSA) is 29.9 Å². The van der Waals surface area contributed by atoms with Crippen molar-refractivity contribution in [3.8, 4) is 0 Å². The number of unbranched alkanes of at least 4 members (excludes halogenated alkanes) is 3. The molecule has 1 N–H and O–H groups in total. The normalized spacial score (nSPS) is 11.2. The molecule has 1 aromatic rings. The maximum atomic E-state index is 4.50. The van der Waals surface area contributed by atoms with Crippen LogP contribution in [-0.4, -0.2) is 28.3 Å². The van der Waals surface area contributed by atoms with Crippen LogP contribution in [0.2, 0.25) is 0 Å². The third-order valence-electron chi connectivity index (χ3n) is 3.25. The number of halogens is 1. The van der Waals surface area contributed by atoms with Crippen LogP contribution in [0.1, 0.15) is 44.0 Å². The summed E-state index contributed by atoms with van der Waals surface area (Å²) < 4.78 is 3.15. The lowest BCUT2D eigenvalue weighted by atomic mass is 10.2. The highest BCUT2D eigenvalue weighted by atomic mass is 79.9. The third-order valence-corrected chi connectivity index (χ3v) is 4.86. The summed E-state index contributed by atoms with van der Waals surface area (Å²) in [7, 11) is 2.02. The number of nitrogens with one attached hydrogen (secondary N) is 1. The number of nitrogens with zero attached hydrogens (tertiary/aromatic N) is 2. The van der Waals surface area contributed by atoms with Crippen LogP contribution in [-0.2, 0) is 20.0 Å². The predicted octanol–water partition coefficient (Wildman–Crippen LogP) is 3.76. The van der Waals surface area contributed by atoms with Gasteiger partial charge in [-0.1, -0.05) is 19.8 Å². The van der Waals surface area contributed by atoms with E-state index in [1.165, 1.54) is 41.6 Å². The Morgan fingerprint density at radius 3 is 2.63 bits per heavy atom. The van der Waals surface area contributed by atoms with Crippen LogP contribution in [0.5, 0.6) is 0 Å². The standard InChI is InChI=1S/C14H26BrN3S/c1-4-12-14(15)13(18(2)17-12)11-16-9-7-5-6-8-10-19-3/h16H,4-11H2,1-3H3. The second-order valence-corrected chi connectivity index (χ2v) is 6.55. The minimum Gasteiger partial charge on any atom is -0.311 e. The lowest BCUT2D eigenvalue weighted by Gasteiger charge is -2.06. The molecule has 5 heteroatoms. The third kappa shape index (κ3) is 5.88. The monoisotopic (exact) mass is 347 g/mol. The largest absolute Gasteiger partial charge is 0.311 e. The van der Waals surface area contributed by atoms with E-state index in [1.54, 1.807) is 0 Å². The Labute approximate surface area is 130 Å². The van der Waals surface area contributed by atoms with Gasteiger partial charge in [0.1, 0.15) is 0 Å². The molecule has 1 heterocycles. The van der Waals surface area contributed by atoms with E-state index >= 15 is 0 Å². The minimum atomic E-state index is 0.898. The summed E-state index contributed by atoms with van der Waals surface area (Å²) in [4.78, 5) is 0. The lowest BCUT2D eigenvalue weighted by molar-refractivity contribution is 0.576. The van der Waals surface area contributed by atoms with E-state index in [2.05, 4.69) is 39.5 Å². The highest BCUT2D eigenvalue weighted by Gasteiger charge is 2.11. The fraction of sp³-hybridized carbons (Fsp3) is 0.786. The van der Waals surface area contributed by atoms with E-state index in [0.717, 1.165) is 25.2 Å². The number of rotatable bonds is 10. The molecular weight excluding hydrogens is 322 g/mol. The molecule has 0 spiro atoms. The first-order valence-corrected chi connectivity index (χ1v) is 9.29. The van der Waals surface area contributed by atoms with Crippen molar-refractivity contribution in [2.45, 2.75) is 45.6 Å². The van der Waals surface area contributed by atoms with Crippen molar-refractivity contribution >= 4 is 27.7 Å². The lowest BCUT2D eigenvalue weighted by Crippen LogP contribution is -2.17. The van der Waals surface area contributed by atoms with Crippen LogP contribution in [0.25, 0.3) is 0 Å². The number of thioether (sulfide) groups is 1. The number of hydrogen-bond acceptors (Lipinski definition) is 3. The van der Waals surface area contributed by atoms with Gasteiger partial charge in [0.2, 0.25) is 0 Å². The van der Waals surface area contributed by atoms with Gasteiger partial charge in [0.25, 0.3) is 0 Å². The Hall–Kier alpha value is -0.000000000000000111. The van der Waals surface area contributed by atoms with E-state index < -0.39 is 0 Å². The first-order valence-electron chi connectivity index (χ1n) is 7.10. The fourth-order valence-corrected chi connectivity index (χ4v) is 3.32. The molecule has 0 saturated carbocycles. The summed E-state index contributed by atoms with van der Waals surface area (Å²) in [5, 5.41) is 8.02. The van der Waals surface area contributed by atoms with Gasteiger partial charge in [-0.15, -0.1) is 0 Å². The molecule has 19 heavy (non-hydrogen) atoms. The highest BCUT2D eigenvalue weighted by molar-refractivity contribution is 9.10. The second-order valence-electron chi connectivity index (χ2n) is 4.77. The van der Waals surface area contributed by atoms with Gasteiger partial charge in [-0.3, -0.25) is 4.68 Å². The zero-order valence-electron chi connectivity index (χ0n) is 12.3. The molecule has 0 saturated heterocycles. The molecule has 0 atom stereocenters. The number of hydrogen-bond donors (Lipinski definition) is 1. The molecule has 0 radical (unpaired) electrons. The van der Waals surface area contributed by atoms with Crippen molar-refractivity contribution in [1.29, 1.82) is 0 Å². The van der Waals surface area contributed by atoms with Gasteiger partial charge in [0.05, 0.1) is 15.9 Å². The molecule has 0 aliphatic carbocycles. The Morgan fingerprint density at radius 1 is 1.26 bits per heavy atom. The maximum absolute atomic E-state index is 4.50. The summed E-state index contributed by atoms with van der Waals surface area (Å²) in [6.45, 7) is 4.13. The number of aromatic nitrogens is 2. The predicted molar refractivity (Wildman–Crippen MR) is 88.8 cm³/mol. The van der Waals surface area contributed by atoms with Gasteiger partial charge in [-0.05, 0) is 53.7 Å². The maximum Gasteiger partial charge on any atom is 0.0767 e. The Balaban J connectivity index is 2.17. The van der Waals surface area contributed by atoms with E-state index in [9.17, 15) is 0 Å². The SMILES string of the molecule is CCc1nn(C)c(CNCCCCCCSC)c1Br. The second kappa shape index (κ2) is 9.83. The van der Waals surface area contributed by atoms with E-state index in [4.69, 9.17) is 0 Å². The van der Waals surface area contributed by atoms with Crippen LogP contribution in [0, 0.1) is 0 Å².